The second-order valence-corrected chi connectivity index (χ2v) is 2.23. The summed E-state index contributed by atoms with van der Waals surface area (Å²) in [6, 6.07) is -0.851. The molecule has 0 amide bonds. The zero-order valence-corrected chi connectivity index (χ0v) is 7.94. The number of aliphatic carboxylic acids is 1. The Bertz CT molecular complexity index is 237. The lowest BCUT2D eigenvalue weighted by molar-refractivity contribution is -0.138. The van der Waals surface area contributed by atoms with Crippen LogP contribution in [0.1, 0.15) is 5.69 Å². The lowest BCUT2D eigenvalue weighted by atomic mass is 10.2. The molecule has 0 bridgehead atoms. The summed E-state index contributed by atoms with van der Waals surface area (Å²) >= 11 is 0. The maximum atomic E-state index is 10.3. The van der Waals surface area contributed by atoms with E-state index in [1.165, 1.54) is 6.33 Å². The van der Waals surface area contributed by atoms with Crippen molar-refractivity contribution in [1.29, 1.82) is 0 Å². The monoisotopic (exact) mass is 179 g/mol. The predicted molar refractivity (Wildman–Crippen MR) is 43.7 cm³/mol. The number of imidazole rings is 1. The Balaban J connectivity index is 0.00000121. The van der Waals surface area contributed by atoms with Crippen LogP contribution in [0.3, 0.4) is 0 Å². The van der Waals surface area contributed by atoms with Gasteiger partial charge in [-0.25, -0.2) is 4.98 Å². The number of nitrogens with zero attached hydrogens (tertiary/aromatic N) is 1. The molecule has 1 rings (SSSR count). The molecule has 4 N–H and O–H groups in total. The van der Waals surface area contributed by atoms with Gasteiger partial charge in [-0.1, -0.05) is 0 Å². The molecular weight excluding hydrogens is 170 g/mol. The van der Waals surface area contributed by atoms with Gasteiger partial charge < -0.3 is 15.8 Å². The minimum Gasteiger partial charge on any atom is -0.480 e. The average Bonchev–Trinajstić information content (AvgIpc) is 2.39. The lowest BCUT2D eigenvalue weighted by Gasteiger charge is -2.02. The smallest absolute Gasteiger partial charge is 0.320 e. The Morgan fingerprint density at radius 2 is 2.50 bits per heavy atom. The van der Waals surface area contributed by atoms with E-state index in [4.69, 9.17) is 10.8 Å². The van der Waals surface area contributed by atoms with Crippen molar-refractivity contribution in [3.63, 3.8) is 0 Å². The third-order valence-electron chi connectivity index (χ3n) is 1.31. The Kier molecular flexibility index (Phi) is 4.87. The number of rotatable bonds is 3. The third-order valence-corrected chi connectivity index (χ3v) is 1.31. The van der Waals surface area contributed by atoms with Gasteiger partial charge in [-0.05, 0) is 0 Å². The van der Waals surface area contributed by atoms with Crippen LogP contribution in [0.5, 0.6) is 0 Å². The number of aromatic nitrogens is 2. The molecule has 0 aliphatic carbocycles. The molecule has 0 fully saturated rings. The van der Waals surface area contributed by atoms with E-state index in [2.05, 4.69) is 9.97 Å². The third kappa shape index (κ3) is 3.20. The summed E-state index contributed by atoms with van der Waals surface area (Å²) in [4.78, 5) is 16.8. The first-order valence-corrected chi connectivity index (χ1v) is 3.16. The Labute approximate surface area is 85.5 Å². The first kappa shape index (κ1) is 11.4. The number of H-pyrrole nitrogens is 1. The summed E-state index contributed by atoms with van der Waals surface area (Å²) in [6.45, 7) is 0. The van der Waals surface area contributed by atoms with Crippen molar-refractivity contribution in [1.82, 2.24) is 9.97 Å². The van der Waals surface area contributed by atoms with Gasteiger partial charge >= 0.3 is 5.97 Å². The molecule has 1 atom stereocenters. The fraction of sp³-hybridized carbons (Fsp3) is 0.333. The topological polar surface area (TPSA) is 92.0 Å². The van der Waals surface area contributed by atoms with E-state index in [0.29, 0.717) is 0 Å². The Hall–Kier alpha value is -0.594. The second-order valence-electron chi connectivity index (χ2n) is 2.23. The summed E-state index contributed by atoms with van der Waals surface area (Å²) in [5, 5.41) is 8.42. The van der Waals surface area contributed by atoms with Crippen LogP contribution >= 0.6 is 0 Å². The zero-order chi connectivity index (χ0) is 8.27. The first-order chi connectivity index (χ1) is 5.20. The first-order valence-electron chi connectivity index (χ1n) is 3.16. The Morgan fingerprint density at radius 1 is 1.83 bits per heavy atom. The van der Waals surface area contributed by atoms with Crippen molar-refractivity contribution in [3.05, 3.63) is 18.2 Å². The quantitative estimate of drug-likeness (QED) is 0.518. The number of carboxylic acids is 1. The van der Waals surface area contributed by atoms with Gasteiger partial charge in [-0.2, -0.15) is 0 Å². The average molecular weight is 179 g/mol. The van der Waals surface area contributed by atoms with Gasteiger partial charge in [0.25, 0.3) is 0 Å². The molecule has 6 heteroatoms. The molecule has 12 heavy (non-hydrogen) atoms. The van der Waals surface area contributed by atoms with Crippen LogP contribution in [0.25, 0.3) is 0 Å². The lowest BCUT2D eigenvalue weighted by Crippen LogP contribution is -2.32. The number of nitrogens with two attached hydrogens (primary N) is 1. The molecule has 62 valence electrons. The van der Waals surface area contributed by atoms with Crippen molar-refractivity contribution in [2.24, 2.45) is 5.73 Å². The molecule has 0 aliphatic rings. The maximum absolute atomic E-state index is 10.3. The molecule has 0 saturated carbocycles. The summed E-state index contributed by atoms with van der Waals surface area (Å²) in [5.74, 6) is -1.00. The predicted octanol–water partition coefficient (Wildman–Crippen LogP) is -1.02. The van der Waals surface area contributed by atoms with Gasteiger partial charge in [0.2, 0.25) is 0 Å². The Morgan fingerprint density at radius 3 is 2.92 bits per heavy atom. The summed E-state index contributed by atoms with van der Waals surface area (Å²) < 4.78 is 0. The van der Waals surface area contributed by atoms with Crippen LogP contribution in [0.2, 0.25) is 0 Å². The van der Waals surface area contributed by atoms with Gasteiger partial charge in [0.1, 0.15) is 6.04 Å². The highest BCUT2D eigenvalue weighted by Gasteiger charge is 2.11. The van der Waals surface area contributed by atoms with Gasteiger partial charge in [-0.3, -0.25) is 4.79 Å². The van der Waals surface area contributed by atoms with E-state index in [1.54, 1.807) is 6.20 Å². The van der Waals surface area contributed by atoms with Crippen molar-refractivity contribution in [3.8, 4) is 0 Å². The molecule has 1 aromatic rings. The largest absolute Gasteiger partial charge is 0.480 e. The van der Waals surface area contributed by atoms with E-state index >= 15 is 0 Å². The van der Waals surface area contributed by atoms with Gasteiger partial charge in [0.05, 0.1) is 6.33 Å². The molecule has 2 radical (unpaired) electrons. The number of carbonyl (C=O) groups is 1. The van der Waals surface area contributed by atoms with Crippen molar-refractivity contribution in [2.75, 3.05) is 0 Å². The highest BCUT2D eigenvalue weighted by Crippen LogP contribution is 1.95. The molecule has 1 aromatic heterocycles. The van der Waals surface area contributed by atoms with Crippen LogP contribution in [0.4, 0.5) is 0 Å². The number of hydrogen-bond donors (Lipinski definition) is 3. The van der Waals surface area contributed by atoms with Crippen molar-refractivity contribution >= 4 is 29.0 Å². The highest BCUT2D eigenvalue weighted by atomic mass is 24.3. The normalized spacial score (nSPS) is 11.8. The maximum Gasteiger partial charge on any atom is 0.320 e. The molecule has 5 nitrogen and oxygen atoms in total. The second kappa shape index (κ2) is 5.12. The van der Waals surface area contributed by atoms with E-state index in [9.17, 15) is 4.79 Å². The number of carboxylic acid groups (broad SMARTS) is 1. The minimum atomic E-state index is -1.00. The van der Waals surface area contributed by atoms with Crippen molar-refractivity contribution < 1.29 is 9.90 Å². The summed E-state index contributed by atoms with van der Waals surface area (Å²) in [7, 11) is 0. The van der Waals surface area contributed by atoms with Crippen LogP contribution < -0.4 is 5.73 Å². The van der Waals surface area contributed by atoms with E-state index in [0.717, 1.165) is 5.69 Å². The van der Waals surface area contributed by atoms with E-state index in [1.807, 2.05) is 0 Å². The molecule has 0 unspecified atom stereocenters. The molecule has 0 saturated heterocycles. The molecule has 0 aromatic carbocycles. The van der Waals surface area contributed by atoms with Crippen LogP contribution in [-0.4, -0.2) is 50.1 Å². The molecule has 0 aliphatic heterocycles. The molecule has 1 heterocycles. The number of hydrogen-bond acceptors (Lipinski definition) is 3. The number of aromatic amines is 1. The minimum absolute atomic E-state index is 0. The van der Waals surface area contributed by atoms with Crippen LogP contribution in [-0.2, 0) is 11.2 Å². The van der Waals surface area contributed by atoms with E-state index < -0.39 is 12.0 Å². The van der Waals surface area contributed by atoms with E-state index in [-0.39, 0.29) is 29.5 Å². The molecule has 0 spiro atoms. The van der Waals surface area contributed by atoms with Gasteiger partial charge in [-0.15, -0.1) is 0 Å². The summed E-state index contributed by atoms with van der Waals surface area (Å²) in [5.41, 5.74) is 6.00. The van der Waals surface area contributed by atoms with Gasteiger partial charge in [0, 0.05) is 41.4 Å². The number of nitrogens with one attached hydrogen (secondary N) is 1. The fourth-order valence-electron chi connectivity index (χ4n) is 0.721. The van der Waals surface area contributed by atoms with Crippen LogP contribution in [0.15, 0.2) is 12.5 Å². The van der Waals surface area contributed by atoms with Crippen molar-refractivity contribution in [2.45, 2.75) is 12.5 Å². The standard InChI is InChI=1S/C6H9N3O2.Mg/c7-5(6(10)11)1-4-2-8-3-9-4;/h2-3,5H,1,7H2,(H,8,9)(H,10,11);/t5-;/m0./s1. The zero-order valence-electron chi connectivity index (χ0n) is 6.53. The van der Waals surface area contributed by atoms with Crippen LogP contribution in [0, 0.1) is 0 Å². The van der Waals surface area contributed by atoms with Gasteiger partial charge in [0.15, 0.2) is 0 Å². The SMILES string of the molecule is N[C@@H](Cc1cnc[nH]1)C(=O)O.[Mg]. The molecular formula is C6H9MgN3O2. The highest BCUT2D eigenvalue weighted by molar-refractivity contribution is 5.75. The fourth-order valence-corrected chi connectivity index (χ4v) is 0.721. The summed E-state index contributed by atoms with van der Waals surface area (Å²) in [6.07, 6.45) is 3.34.